The Morgan fingerprint density at radius 1 is 1.50 bits per heavy atom. The third kappa shape index (κ3) is 3.30. The molecule has 16 heavy (non-hydrogen) atoms. The fraction of sp³-hybridized carbons (Fsp3) is 0.833. The zero-order chi connectivity index (χ0) is 11.4. The van der Waals surface area contributed by atoms with Gasteiger partial charge in [0.1, 0.15) is 0 Å². The lowest BCUT2D eigenvalue weighted by molar-refractivity contribution is 0.362. The van der Waals surface area contributed by atoms with E-state index >= 15 is 0 Å². The molecule has 1 aliphatic carbocycles. The second-order valence-electron chi connectivity index (χ2n) is 4.67. The molecule has 0 radical (unpaired) electrons. The molecular weight excluding hydrogens is 202 g/mol. The van der Waals surface area contributed by atoms with E-state index in [1.54, 1.807) is 0 Å². The highest BCUT2D eigenvalue weighted by Gasteiger charge is 2.29. The monoisotopic (exact) mass is 223 g/mol. The van der Waals surface area contributed by atoms with Gasteiger partial charge in [0.15, 0.2) is 5.82 Å². The molecule has 1 saturated carbocycles. The number of rotatable bonds is 7. The first-order valence-electron chi connectivity index (χ1n) is 6.32. The van der Waals surface area contributed by atoms with Crippen molar-refractivity contribution in [2.45, 2.75) is 52.0 Å². The van der Waals surface area contributed by atoms with Crippen LogP contribution < -0.4 is 5.32 Å². The van der Waals surface area contributed by atoms with Gasteiger partial charge in [-0.2, -0.15) is 4.98 Å². The maximum Gasteiger partial charge on any atom is 0.227 e. The van der Waals surface area contributed by atoms with Crippen LogP contribution in [0.4, 0.5) is 0 Å². The third-order valence-electron chi connectivity index (χ3n) is 3.11. The van der Waals surface area contributed by atoms with Crippen LogP contribution in [0.5, 0.6) is 0 Å². The maximum atomic E-state index is 5.08. The van der Waals surface area contributed by atoms with Crippen LogP contribution in [0.15, 0.2) is 4.52 Å². The highest BCUT2D eigenvalue weighted by Crippen LogP contribution is 2.34. The predicted octanol–water partition coefficient (Wildman–Crippen LogP) is 2.09. The van der Waals surface area contributed by atoms with Gasteiger partial charge in [-0.15, -0.1) is 0 Å². The lowest BCUT2D eigenvalue weighted by Gasteiger charge is -2.16. The normalized spacial score (nSPS) is 17.6. The molecule has 90 valence electrons. The molecule has 4 nitrogen and oxygen atoms in total. The quantitative estimate of drug-likeness (QED) is 0.769. The van der Waals surface area contributed by atoms with Gasteiger partial charge >= 0.3 is 0 Å². The average molecular weight is 223 g/mol. The Bertz CT molecular complexity index is 320. The zero-order valence-electron chi connectivity index (χ0n) is 10.2. The molecule has 1 unspecified atom stereocenters. The molecule has 1 fully saturated rings. The molecule has 0 amide bonds. The van der Waals surface area contributed by atoms with Gasteiger partial charge < -0.3 is 9.84 Å². The molecule has 1 atom stereocenters. The molecule has 4 heteroatoms. The number of nitrogens with one attached hydrogen (secondary N) is 1. The van der Waals surface area contributed by atoms with E-state index in [-0.39, 0.29) is 0 Å². The first-order chi connectivity index (χ1) is 7.79. The van der Waals surface area contributed by atoms with Crippen LogP contribution in [0.2, 0.25) is 0 Å². The van der Waals surface area contributed by atoms with Crippen LogP contribution in [-0.4, -0.2) is 22.7 Å². The topological polar surface area (TPSA) is 51.0 Å². The van der Waals surface area contributed by atoms with Crippen molar-refractivity contribution in [2.24, 2.45) is 5.92 Å². The van der Waals surface area contributed by atoms with Crippen molar-refractivity contribution in [3.63, 3.8) is 0 Å². The molecule has 0 bridgehead atoms. The van der Waals surface area contributed by atoms with Crippen molar-refractivity contribution >= 4 is 0 Å². The van der Waals surface area contributed by atoms with Crippen molar-refractivity contribution in [3.8, 4) is 0 Å². The van der Waals surface area contributed by atoms with Crippen LogP contribution in [0.3, 0.4) is 0 Å². The van der Waals surface area contributed by atoms with Crippen LogP contribution in [0.1, 0.15) is 44.3 Å². The molecule has 0 aliphatic heterocycles. The Kier molecular flexibility index (Phi) is 3.93. The summed E-state index contributed by atoms with van der Waals surface area (Å²) in [6.07, 6.45) is 6.18. The van der Waals surface area contributed by atoms with Gasteiger partial charge in [0.2, 0.25) is 5.89 Å². The summed E-state index contributed by atoms with van der Waals surface area (Å²) in [6, 6.07) is 0.703. The number of aryl methyl sites for hydroxylation is 1. The fourth-order valence-electron chi connectivity index (χ4n) is 2.12. The Hall–Kier alpha value is -0.900. The molecule has 1 aromatic rings. The van der Waals surface area contributed by atoms with E-state index in [1.165, 1.54) is 25.7 Å². The summed E-state index contributed by atoms with van der Waals surface area (Å²) < 4.78 is 5.08. The van der Waals surface area contributed by atoms with Crippen molar-refractivity contribution in [1.82, 2.24) is 15.5 Å². The van der Waals surface area contributed by atoms with Crippen molar-refractivity contribution in [2.75, 3.05) is 6.54 Å². The Morgan fingerprint density at radius 3 is 2.88 bits per heavy atom. The average Bonchev–Trinajstić information content (AvgIpc) is 3.02. The second kappa shape index (κ2) is 5.43. The van der Waals surface area contributed by atoms with Gasteiger partial charge in [-0.25, -0.2) is 0 Å². The van der Waals surface area contributed by atoms with Crippen molar-refractivity contribution in [3.05, 3.63) is 11.7 Å². The highest BCUT2D eigenvalue weighted by atomic mass is 16.5. The SMILES string of the molecule is CCCC(NCCc1nc(C)no1)C1CC1. The van der Waals surface area contributed by atoms with Gasteiger partial charge in [0.05, 0.1) is 0 Å². The Labute approximate surface area is 96.8 Å². The zero-order valence-corrected chi connectivity index (χ0v) is 10.2. The smallest absolute Gasteiger partial charge is 0.227 e. The number of nitrogens with zero attached hydrogens (tertiary/aromatic N) is 2. The minimum atomic E-state index is 0.703. The molecule has 1 N–H and O–H groups in total. The van der Waals surface area contributed by atoms with E-state index < -0.39 is 0 Å². The Morgan fingerprint density at radius 2 is 2.31 bits per heavy atom. The van der Waals surface area contributed by atoms with Gasteiger partial charge in [0, 0.05) is 19.0 Å². The molecule has 1 heterocycles. The van der Waals surface area contributed by atoms with Crippen molar-refractivity contribution in [1.29, 1.82) is 0 Å². The van der Waals surface area contributed by atoms with E-state index in [4.69, 9.17) is 4.52 Å². The van der Waals surface area contributed by atoms with E-state index in [0.717, 1.165) is 30.6 Å². The third-order valence-corrected chi connectivity index (χ3v) is 3.11. The van der Waals surface area contributed by atoms with Crippen LogP contribution in [-0.2, 0) is 6.42 Å². The predicted molar refractivity (Wildman–Crippen MR) is 62.2 cm³/mol. The number of aromatic nitrogens is 2. The molecule has 1 aromatic heterocycles. The van der Waals surface area contributed by atoms with E-state index in [2.05, 4.69) is 22.4 Å². The van der Waals surface area contributed by atoms with Crippen molar-refractivity contribution < 1.29 is 4.52 Å². The minimum Gasteiger partial charge on any atom is -0.339 e. The van der Waals surface area contributed by atoms with Crippen LogP contribution in [0, 0.1) is 12.8 Å². The number of hydrogen-bond donors (Lipinski definition) is 1. The van der Waals surface area contributed by atoms with Crippen LogP contribution in [0.25, 0.3) is 0 Å². The Balaban J connectivity index is 1.69. The van der Waals surface area contributed by atoms with Gasteiger partial charge in [-0.3, -0.25) is 0 Å². The summed E-state index contributed by atoms with van der Waals surface area (Å²) in [5.41, 5.74) is 0. The van der Waals surface area contributed by atoms with Gasteiger partial charge in [-0.05, 0) is 32.1 Å². The van der Waals surface area contributed by atoms with Crippen LogP contribution >= 0.6 is 0 Å². The largest absolute Gasteiger partial charge is 0.339 e. The molecule has 0 spiro atoms. The molecule has 0 saturated heterocycles. The minimum absolute atomic E-state index is 0.703. The standard InChI is InChI=1S/C12H21N3O/c1-3-4-11(10-5-6-10)13-8-7-12-14-9(2)15-16-12/h10-11,13H,3-8H2,1-2H3. The van der Waals surface area contributed by atoms with E-state index in [1.807, 2.05) is 6.92 Å². The lowest BCUT2D eigenvalue weighted by atomic mass is 10.1. The summed E-state index contributed by atoms with van der Waals surface area (Å²) in [4.78, 5) is 4.20. The van der Waals surface area contributed by atoms with Gasteiger partial charge in [-0.1, -0.05) is 18.5 Å². The summed E-state index contributed by atoms with van der Waals surface area (Å²) >= 11 is 0. The first-order valence-corrected chi connectivity index (χ1v) is 6.32. The van der Waals surface area contributed by atoms with Gasteiger partial charge in [0.25, 0.3) is 0 Å². The molecule has 1 aliphatic rings. The maximum absolute atomic E-state index is 5.08. The summed E-state index contributed by atoms with van der Waals surface area (Å²) in [6.45, 7) is 5.05. The lowest BCUT2D eigenvalue weighted by Crippen LogP contribution is -2.32. The summed E-state index contributed by atoms with van der Waals surface area (Å²) in [5.74, 6) is 2.39. The summed E-state index contributed by atoms with van der Waals surface area (Å²) in [5, 5.41) is 7.40. The molecule has 2 rings (SSSR count). The fourth-order valence-corrected chi connectivity index (χ4v) is 2.12. The molecule has 0 aromatic carbocycles. The first kappa shape index (κ1) is 11.6. The van der Waals surface area contributed by atoms with E-state index in [9.17, 15) is 0 Å². The highest BCUT2D eigenvalue weighted by molar-refractivity contribution is 4.88. The van der Waals surface area contributed by atoms with E-state index in [0.29, 0.717) is 6.04 Å². The summed E-state index contributed by atoms with van der Waals surface area (Å²) in [7, 11) is 0. The number of hydrogen-bond acceptors (Lipinski definition) is 4. The second-order valence-corrected chi connectivity index (χ2v) is 4.67. The molecular formula is C12H21N3O.